The van der Waals surface area contributed by atoms with E-state index in [4.69, 9.17) is 4.74 Å². The molecule has 2 saturated heterocycles. The number of benzene rings is 2. The first-order chi connectivity index (χ1) is 22.8. The van der Waals surface area contributed by atoms with Crippen LogP contribution in [-0.4, -0.2) is 89.0 Å². The number of amides is 1. The number of piperidine rings is 1. The number of esters is 1. The van der Waals surface area contributed by atoms with Crippen molar-refractivity contribution in [3.8, 4) is 11.1 Å². The van der Waals surface area contributed by atoms with Gasteiger partial charge in [0.1, 0.15) is 18.0 Å². The fourth-order valence-electron chi connectivity index (χ4n) is 5.70. The molecule has 5 rings (SSSR count). The van der Waals surface area contributed by atoms with E-state index in [0.717, 1.165) is 37.9 Å². The zero-order chi connectivity index (χ0) is 33.2. The van der Waals surface area contributed by atoms with Gasteiger partial charge in [-0.15, -0.1) is 0 Å². The molecule has 3 heterocycles. The van der Waals surface area contributed by atoms with Gasteiger partial charge in [-0.25, -0.2) is 9.18 Å². The number of aromatic nitrogens is 1. The molecule has 248 valence electrons. The van der Waals surface area contributed by atoms with Gasteiger partial charge in [-0.2, -0.15) is 11.8 Å². The minimum atomic E-state index is -0.778. The van der Waals surface area contributed by atoms with Crippen LogP contribution in [0.25, 0.3) is 17.2 Å². The van der Waals surface area contributed by atoms with Crippen LogP contribution in [0.2, 0.25) is 0 Å². The Morgan fingerprint density at radius 3 is 2.66 bits per heavy atom. The summed E-state index contributed by atoms with van der Waals surface area (Å²) in [6, 6.07) is 14.4. The number of carbonyl (C=O) groups excluding carboxylic acids is 3. The van der Waals surface area contributed by atoms with Crippen molar-refractivity contribution in [3.05, 3.63) is 95.6 Å². The predicted octanol–water partition coefficient (Wildman–Crippen LogP) is 5.69. The normalized spacial score (nSPS) is 19.5. The average Bonchev–Trinajstić information content (AvgIpc) is 3.54. The van der Waals surface area contributed by atoms with Crippen molar-refractivity contribution in [1.29, 1.82) is 0 Å². The molecule has 3 atom stereocenters. The molecule has 0 aliphatic carbocycles. The molecule has 0 spiro atoms. The summed E-state index contributed by atoms with van der Waals surface area (Å²) in [5.41, 5.74) is 3.17. The minimum absolute atomic E-state index is 0.0121. The standard InChI is InChI=1S/C36H41FN4O4S2/c1-41-17-13-29(14-18-41)45-35(43)33(15-19-46-2)40-34(42)31-12-6-24(20-32(31)25-7-9-27(37)10-8-25)5-11-28-21-30(23-39-28)47-36(44)26-4-3-16-38-22-26/h3-12,16,20,22,28-30,33,39H,13-15,17-19,21,23H2,1-2H3,(H,40,42)/b11-5+/t28-,30+,33?/m1/s1. The summed E-state index contributed by atoms with van der Waals surface area (Å²) in [7, 11) is 2.05. The molecule has 0 saturated carbocycles. The molecule has 8 nitrogen and oxygen atoms in total. The SMILES string of the molecule is CSCCC(NC(=O)c1ccc(/C=C/[C@@H]2C[C@H](SC(=O)c3cccnc3)CN2)cc1-c1ccc(F)cc1)C(=O)OC1CCN(C)CC1. The van der Waals surface area contributed by atoms with E-state index < -0.39 is 12.0 Å². The highest BCUT2D eigenvalue weighted by Gasteiger charge is 2.29. The maximum absolute atomic E-state index is 13.9. The Morgan fingerprint density at radius 1 is 1.15 bits per heavy atom. The summed E-state index contributed by atoms with van der Waals surface area (Å²) in [5.74, 6) is -0.477. The van der Waals surface area contributed by atoms with Gasteiger partial charge in [0.05, 0.1) is 0 Å². The second-order valence-corrected chi connectivity index (χ2v) is 14.2. The first-order valence-electron chi connectivity index (χ1n) is 15.9. The average molecular weight is 677 g/mol. The molecular formula is C36H41FN4O4S2. The Labute approximate surface area is 284 Å². The Kier molecular flexibility index (Phi) is 12.6. The van der Waals surface area contributed by atoms with E-state index in [9.17, 15) is 18.8 Å². The van der Waals surface area contributed by atoms with Gasteiger partial charge in [-0.3, -0.25) is 14.6 Å². The van der Waals surface area contributed by atoms with Crippen LogP contribution in [0, 0.1) is 5.82 Å². The Hall–Kier alpha value is -3.51. The maximum atomic E-state index is 13.9. The number of nitrogens with one attached hydrogen (secondary N) is 2. The number of pyridine rings is 1. The second-order valence-electron chi connectivity index (χ2n) is 11.9. The van der Waals surface area contributed by atoms with Gasteiger partial charge in [0.2, 0.25) is 5.12 Å². The highest BCUT2D eigenvalue weighted by atomic mass is 32.2. The van der Waals surface area contributed by atoms with E-state index in [2.05, 4.69) is 33.6 Å². The topological polar surface area (TPSA) is 101 Å². The van der Waals surface area contributed by atoms with Gasteiger partial charge < -0.3 is 20.3 Å². The first kappa shape index (κ1) is 34.8. The minimum Gasteiger partial charge on any atom is -0.461 e. The van der Waals surface area contributed by atoms with Crippen LogP contribution in [0.1, 0.15) is 52.0 Å². The van der Waals surface area contributed by atoms with Crippen LogP contribution in [0.5, 0.6) is 0 Å². The van der Waals surface area contributed by atoms with Crippen LogP contribution < -0.4 is 10.6 Å². The molecule has 1 aromatic heterocycles. The lowest BCUT2D eigenvalue weighted by molar-refractivity contribution is -0.153. The Bertz CT molecular complexity index is 1550. The third kappa shape index (κ3) is 9.99. The molecule has 11 heteroatoms. The maximum Gasteiger partial charge on any atom is 0.328 e. The third-order valence-corrected chi connectivity index (χ3v) is 10.2. The van der Waals surface area contributed by atoms with E-state index in [1.807, 2.05) is 24.5 Å². The molecule has 2 aliphatic heterocycles. The van der Waals surface area contributed by atoms with Gasteiger partial charge in [-0.1, -0.05) is 42.1 Å². The number of carbonyl (C=O) groups is 3. The molecule has 2 N–H and O–H groups in total. The van der Waals surface area contributed by atoms with Crippen LogP contribution in [0.3, 0.4) is 0 Å². The predicted molar refractivity (Wildman–Crippen MR) is 188 cm³/mol. The van der Waals surface area contributed by atoms with Crippen molar-refractivity contribution in [3.63, 3.8) is 0 Å². The van der Waals surface area contributed by atoms with Gasteiger partial charge in [0.15, 0.2) is 0 Å². The summed E-state index contributed by atoms with van der Waals surface area (Å²) in [6.45, 7) is 2.44. The molecule has 0 bridgehead atoms. The van der Waals surface area contributed by atoms with Gasteiger partial charge in [-0.05, 0) is 97.8 Å². The fourth-order valence-corrected chi connectivity index (χ4v) is 7.22. The number of hydrogen-bond donors (Lipinski definition) is 2. The highest BCUT2D eigenvalue weighted by Crippen LogP contribution is 2.28. The number of thioether (sulfide) groups is 2. The summed E-state index contributed by atoms with van der Waals surface area (Å²) in [6.07, 6.45) is 11.9. The quantitative estimate of drug-likeness (QED) is 0.234. The zero-order valence-corrected chi connectivity index (χ0v) is 28.3. The van der Waals surface area contributed by atoms with Crippen LogP contribution in [-0.2, 0) is 9.53 Å². The van der Waals surface area contributed by atoms with Crippen molar-refractivity contribution in [2.45, 2.75) is 49.1 Å². The van der Waals surface area contributed by atoms with E-state index in [0.29, 0.717) is 41.0 Å². The van der Waals surface area contributed by atoms with Crippen molar-refractivity contribution in [2.75, 3.05) is 38.7 Å². The lowest BCUT2D eigenvalue weighted by atomic mass is 9.96. The van der Waals surface area contributed by atoms with Crippen LogP contribution in [0.15, 0.2) is 73.1 Å². The monoisotopic (exact) mass is 676 g/mol. The number of nitrogens with zero attached hydrogens (tertiary/aromatic N) is 2. The highest BCUT2D eigenvalue weighted by molar-refractivity contribution is 8.14. The number of hydrogen-bond acceptors (Lipinski definition) is 9. The zero-order valence-electron chi connectivity index (χ0n) is 26.7. The second kappa shape index (κ2) is 17.1. The van der Waals surface area contributed by atoms with Gasteiger partial charge >= 0.3 is 5.97 Å². The summed E-state index contributed by atoms with van der Waals surface area (Å²) in [4.78, 5) is 45.9. The smallest absolute Gasteiger partial charge is 0.328 e. The number of likely N-dealkylation sites (tertiary alicyclic amines) is 1. The molecule has 1 unspecified atom stereocenters. The molecule has 2 fully saturated rings. The molecule has 1 amide bonds. The van der Waals surface area contributed by atoms with Gasteiger partial charge in [0.25, 0.3) is 5.91 Å². The van der Waals surface area contributed by atoms with Crippen molar-refractivity contribution in [1.82, 2.24) is 20.5 Å². The van der Waals surface area contributed by atoms with Crippen molar-refractivity contribution < 1.29 is 23.5 Å². The van der Waals surface area contributed by atoms with Gasteiger partial charge in [0, 0.05) is 54.4 Å². The largest absolute Gasteiger partial charge is 0.461 e. The lowest BCUT2D eigenvalue weighted by Crippen LogP contribution is -2.45. The number of ether oxygens (including phenoxy) is 1. The summed E-state index contributed by atoms with van der Waals surface area (Å²) < 4.78 is 19.7. The molecule has 2 aromatic carbocycles. The Balaban J connectivity index is 1.29. The summed E-state index contributed by atoms with van der Waals surface area (Å²) >= 11 is 2.93. The molecule has 2 aliphatic rings. The van der Waals surface area contributed by atoms with E-state index in [-0.39, 0.29) is 34.2 Å². The molecular weight excluding hydrogens is 636 g/mol. The number of halogens is 1. The fraction of sp³-hybridized carbons (Fsp3) is 0.389. The van der Waals surface area contributed by atoms with Crippen LogP contribution >= 0.6 is 23.5 Å². The van der Waals surface area contributed by atoms with Crippen molar-refractivity contribution >= 4 is 46.6 Å². The van der Waals surface area contributed by atoms with Crippen LogP contribution in [0.4, 0.5) is 4.39 Å². The first-order valence-corrected chi connectivity index (χ1v) is 18.2. The molecule has 0 radical (unpaired) electrons. The Morgan fingerprint density at radius 2 is 1.94 bits per heavy atom. The van der Waals surface area contributed by atoms with Crippen molar-refractivity contribution in [2.24, 2.45) is 0 Å². The molecule has 3 aromatic rings. The van der Waals surface area contributed by atoms with E-state index in [1.54, 1.807) is 54.5 Å². The van der Waals surface area contributed by atoms with E-state index >= 15 is 0 Å². The number of rotatable bonds is 12. The summed E-state index contributed by atoms with van der Waals surface area (Å²) in [5, 5.41) is 6.56. The third-order valence-electron chi connectivity index (χ3n) is 8.41. The molecule has 47 heavy (non-hydrogen) atoms. The van der Waals surface area contributed by atoms with E-state index in [1.165, 1.54) is 23.9 Å². The lowest BCUT2D eigenvalue weighted by Gasteiger charge is -2.30.